The Hall–Kier alpha value is -3.27. The molecule has 0 saturated heterocycles. The van der Waals surface area contributed by atoms with Gasteiger partial charge in [-0.25, -0.2) is 0 Å². The minimum absolute atomic E-state index is 0.0232. The summed E-state index contributed by atoms with van der Waals surface area (Å²) in [6, 6.07) is 17.3. The number of hydrogen-bond donors (Lipinski definition) is 1. The standard InChI is InChI=1S/C22H19NO3/c1-15(23-17-7-3-2-4-8-17)22-18(21-10-6-12-26-21)13-16(14-19(22)24)20-9-5-11-25-20/h2-12,14,18,23H,13H2,1H3. The van der Waals surface area contributed by atoms with Crippen molar-refractivity contribution in [2.24, 2.45) is 0 Å². The Morgan fingerprint density at radius 2 is 1.77 bits per heavy atom. The number of benzene rings is 1. The van der Waals surface area contributed by atoms with Gasteiger partial charge in [0, 0.05) is 17.0 Å². The number of carbonyl (C=O) groups excluding carboxylic acids is 1. The zero-order valence-corrected chi connectivity index (χ0v) is 14.4. The lowest BCUT2D eigenvalue weighted by molar-refractivity contribution is -0.111. The SMILES string of the molecule is CC(Nc1ccccc1)=C1C(=O)C=C(c2ccco2)CC1c1ccco1. The summed E-state index contributed by atoms with van der Waals surface area (Å²) in [6.07, 6.45) is 5.58. The molecule has 1 atom stereocenters. The Balaban J connectivity index is 1.75. The van der Waals surface area contributed by atoms with Crippen LogP contribution in [0.15, 0.2) is 93.3 Å². The summed E-state index contributed by atoms with van der Waals surface area (Å²) in [7, 11) is 0. The first-order valence-electron chi connectivity index (χ1n) is 8.57. The Morgan fingerprint density at radius 1 is 1.00 bits per heavy atom. The van der Waals surface area contributed by atoms with Crippen molar-refractivity contribution in [2.75, 3.05) is 5.32 Å². The van der Waals surface area contributed by atoms with Gasteiger partial charge in [-0.3, -0.25) is 4.79 Å². The predicted octanol–water partition coefficient (Wildman–Crippen LogP) is 5.40. The molecule has 0 saturated carbocycles. The summed E-state index contributed by atoms with van der Waals surface area (Å²) in [5.74, 6) is 1.33. The van der Waals surface area contributed by atoms with Gasteiger partial charge in [-0.1, -0.05) is 18.2 Å². The molecule has 1 aromatic carbocycles. The van der Waals surface area contributed by atoms with Crippen LogP contribution in [0.4, 0.5) is 5.69 Å². The van der Waals surface area contributed by atoms with Gasteiger partial charge in [-0.05, 0) is 61.4 Å². The zero-order valence-electron chi connectivity index (χ0n) is 14.4. The Kier molecular flexibility index (Phi) is 4.32. The number of carbonyl (C=O) groups is 1. The van der Waals surface area contributed by atoms with Crippen LogP contribution in [0.5, 0.6) is 0 Å². The van der Waals surface area contributed by atoms with E-state index in [0.29, 0.717) is 6.42 Å². The average molecular weight is 345 g/mol. The van der Waals surface area contributed by atoms with Gasteiger partial charge in [0.25, 0.3) is 0 Å². The molecule has 0 amide bonds. The van der Waals surface area contributed by atoms with E-state index in [9.17, 15) is 4.79 Å². The van der Waals surface area contributed by atoms with Crippen LogP contribution in [0.3, 0.4) is 0 Å². The third-order valence-corrected chi connectivity index (χ3v) is 4.58. The molecule has 4 nitrogen and oxygen atoms in total. The van der Waals surface area contributed by atoms with Crippen molar-refractivity contribution in [3.05, 3.63) is 96.0 Å². The maximum atomic E-state index is 13.0. The number of allylic oxidation sites excluding steroid dienone is 4. The van der Waals surface area contributed by atoms with Crippen molar-refractivity contribution in [1.29, 1.82) is 0 Å². The van der Waals surface area contributed by atoms with E-state index in [1.54, 1.807) is 18.6 Å². The lowest BCUT2D eigenvalue weighted by Crippen LogP contribution is -2.19. The van der Waals surface area contributed by atoms with Gasteiger partial charge in [0.05, 0.1) is 18.4 Å². The summed E-state index contributed by atoms with van der Waals surface area (Å²) in [4.78, 5) is 13.0. The molecule has 4 rings (SSSR count). The Morgan fingerprint density at radius 3 is 2.46 bits per heavy atom. The van der Waals surface area contributed by atoms with Crippen LogP contribution in [-0.2, 0) is 4.79 Å². The number of furan rings is 2. The van der Waals surface area contributed by atoms with Crippen LogP contribution < -0.4 is 5.32 Å². The van der Waals surface area contributed by atoms with Crippen LogP contribution >= 0.6 is 0 Å². The zero-order chi connectivity index (χ0) is 17.9. The smallest absolute Gasteiger partial charge is 0.184 e. The minimum atomic E-state index is -0.154. The topological polar surface area (TPSA) is 55.4 Å². The highest BCUT2D eigenvalue weighted by Crippen LogP contribution is 2.41. The molecule has 0 fully saturated rings. The lowest BCUT2D eigenvalue weighted by Gasteiger charge is -2.25. The molecule has 2 aromatic heterocycles. The molecule has 130 valence electrons. The number of nitrogens with one attached hydrogen (secondary N) is 1. The highest BCUT2D eigenvalue weighted by molar-refractivity contribution is 6.11. The molecule has 0 spiro atoms. The highest BCUT2D eigenvalue weighted by Gasteiger charge is 2.32. The summed E-state index contributed by atoms with van der Waals surface area (Å²) < 4.78 is 11.1. The fourth-order valence-electron chi connectivity index (χ4n) is 3.41. The van der Waals surface area contributed by atoms with Gasteiger partial charge < -0.3 is 14.2 Å². The van der Waals surface area contributed by atoms with Crippen LogP contribution in [0.2, 0.25) is 0 Å². The van der Waals surface area contributed by atoms with Crippen molar-refractivity contribution < 1.29 is 13.6 Å². The summed E-state index contributed by atoms with van der Waals surface area (Å²) in [5, 5.41) is 3.35. The van der Waals surface area contributed by atoms with Gasteiger partial charge in [-0.15, -0.1) is 0 Å². The van der Waals surface area contributed by atoms with Gasteiger partial charge in [0.1, 0.15) is 11.5 Å². The molecule has 26 heavy (non-hydrogen) atoms. The maximum absolute atomic E-state index is 13.0. The maximum Gasteiger partial charge on any atom is 0.184 e. The molecule has 1 unspecified atom stereocenters. The molecule has 1 N–H and O–H groups in total. The number of rotatable bonds is 4. The molecule has 0 aliphatic heterocycles. The Bertz CT molecular complexity index is 948. The molecular formula is C22H19NO3. The minimum Gasteiger partial charge on any atom is -0.469 e. The van der Waals surface area contributed by atoms with E-state index in [4.69, 9.17) is 8.83 Å². The lowest BCUT2D eigenvalue weighted by atomic mass is 9.80. The van der Waals surface area contributed by atoms with E-state index in [-0.39, 0.29) is 11.7 Å². The molecule has 0 bridgehead atoms. The first-order chi connectivity index (χ1) is 12.7. The summed E-state index contributed by atoms with van der Waals surface area (Å²) >= 11 is 0. The van der Waals surface area contributed by atoms with Crippen LogP contribution in [0, 0.1) is 0 Å². The van der Waals surface area contributed by atoms with Crippen LogP contribution in [0.1, 0.15) is 30.8 Å². The first-order valence-corrected chi connectivity index (χ1v) is 8.57. The van der Waals surface area contributed by atoms with Gasteiger partial charge >= 0.3 is 0 Å². The molecular weight excluding hydrogens is 326 g/mol. The van der Waals surface area contributed by atoms with Crippen LogP contribution in [0.25, 0.3) is 5.57 Å². The fourth-order valence-corrected chi connectivity index (χ4v) is 3.41. The van der Waals surface area contributed by atoms with E-state index in [0.717, 1.165) is 34.1 Å². The van der Waals surface area contributed by atoms with Crippen molar-refractivity contribution >= 4 is 17.0 Å². The van der Waals surface area contributed by atoms with E-state index in [1.807, 2.05) is 61.5 Å². The van der Waals surface area contributed by atoms with Gasteiger partial charge in [0.15, 0.2) is 5.78 Å². The normalized spacial score (nSPS) is 19.2. The predicted molar refractivity (Wildman–Crippen MR) is 101 cm³/mol. The third kappa shape index (κ3) is 3.14. The van der Waals surface area contributed by atoms with Gasteiger partial charge in [-0.2, -0.15) is 0 Å². The number of para-hydroxylation sites is 1. The Labute approximate surface area is 151 Å². The van der Waals surface area contributed by atoms with Crippen molar-refractivity contribution in [2.45, 2.75) is 19.3 Å². The second kappa shape index (κ2) is 6.92. The molecule has 2 heterocycles. The van der Waals surface area contributed by atoms with E-state index >= 15 is 0 Å². The molecule has 1 aliphatic rings. The second-order valence-electron chi connectivity index (χ2n) is 6.31. The average Bonchev–Trinajstić information content (AvgIpc) is 3.35. The molecule has 1 aliphatic carbocycles. The molecule has 4 heteroatoms. The van der Waals surface area contributed by atoms with Crippen molar-refractivity contribution in [3.8, 4) is 0 Å². The van der Waals surface area contributed by atoms with E-state index in [1.165, 1.54) is 0 Å². The van der Waals surface area contributed by atoms with Crippen LogP contribution in [-0.4, -0.2) is 5.78 Å². The second-order valence-corrected chi connectivity index (χ2v) is 6.31. The number of anilines is 1. The number of hydrogen-bond acceptors (Lipinski definition) is 4. The van der Waals surface area contributed by atoms with E-state index in [2.05, 4.69) is 5.32 Å². The highest BCUT2D eigenvalue weighted by atomic mass is 16.3. The van der Waals surface area contributed by atoms with E-state index < -0.39 is 0 Å². The fraction of sp³-hybridized carbons (Fsp3) is 0.136. The van der Waals surface area contributed by atoms with Gasteiger partial charge in [0.2, 0.25) is 0 Å². The summed E-state index contributed by atoms with van der Waals surface area (Å²) in [5.41, 5.74) is 3.39. The summed E-state index contributed by atoms with van der Waals surface area (Å²) in [6.45, 7) is 1.93. The van der Waals surface area contributed by atoms with Crippen molar-refractivity contribution in [3.63, 3.8) is 0 Å². The van der Waals surface area contributed by atoms with Crippen molar-refractivity contribution in [1.82, 2.24) is 0 Å². The largest absolute Gasteiger partial charge is 0.469 e. The molecule has 0 radical (unpaired) electrons. The third-order valence-electron chi connectivity index (χ3n) is 4.58. The first kappa shape index (κ1) is 16.2. The monoisotopic (exact) mass is 345 g/mol. The quantitative estimate of drug-likeness (QED) is 0.643. The number of ketones is 1. The molecule has 3 aromatic rings.